The summed E-state index contributed by atoms with van der Waals surface area (Å²) < 4.78 is 5.36. The second kappa shape index (κ2) is 8.75. The molecule has 0 atom stereocenters. The average molecular weight is 197 g/mol. The highest BCUT2D eigenvalue weighted by molar-refractivity contribution is 6.46. The molecule has 0 heterocycles. The van der Waals surface area contributed by atoms with Crippen LogP contribution in [0.4, 0.5) is 0 Å². The largest absolute Gasteiger partial charge is 0.434 e. The third-order valence-electron chi connectivity index (χ3n) is 1.45. The molecular weight excluding hydrogens is 179 g/mol. The molecule has 0 aliphatic carbocycles. The molecule has 0 saturated carbocycles. The fraction of sp³-hybridized carbons (Fsp3) is 0.400. The molecule has 0 aliphatic heterocycles. The van der Waals surface area contributed by atoms with E-state index >= 15 is 0 Å². The lowest BCUT2D eigenvalue weighted by Crippen LogP contribution is -2.18. The maximum Gasteiger partial charge on any atom is 0.329 e. The van der Waals surface area contributed by atoms with E-state index in [4.69, 9.17) is 4.65 Å². The minimum atomic E-state index is 0. The minimum absolute atomic E-state index is 0. The third kappa shape index (κ3) is 6.66. The van der Waals surface area contributed by atoms with E-state index in [-0.39, 0.29) is 11.0 Å². The van der Waals surface area contributed by atoms with E-state index in [9.17, 15) is 0 Å². The third-order valence-corrected chi connectivity index (χ3v) is 1.45. The van der Waals surface area contributed by atoms with Crippen LogP contribution in [0.2, 0.25) is 0 Å². The molecule has 1 rings (SSSR count). The molecule has 0 spiro atoms. The first-order chi connectivity index (χ1) is 5.79. The van der Waals surface area contributed by atoms with Crippen molar-refractivity contribution in [3.05, 3.63) is 30.3 Å². The quantitative estimate of drug-likeness (QED) is 0.624. The SMILES string of the molecule is CC(C)CO[B]c1ccccc1.O.O. The van der Waals surface area contributed by atoms with Crippen molar-refractivity contribution in [3.8, 4) is 0 Å². The van der Waals surface area contributed by atoms with Gasteiger partial charge in [-0.05, 0) is 5.92 Å². The standard InChI is InChI=1S/C10H14BO.2H2O/c1-9(2)8-12-11-10-6-4-3-5-7-10;;/h3-7,9H,8H2,1-2H3;2*1H2. The van der Waals surface area contributed by atoms with Crippen molar-refractivity contribution in [1.82, 2.24) is 0 Å². The summed E-state index contributed by atoms with van der Waals surface area (Å²) in [6.07, 6.45) is 0. The van der Waals surface area contributed by atoms with Crippen LogP contribution >= 0.6 is 0 Å². The van der Waals surface area contributed by atoms with Crippen LogP contribution in [0.5, 0.6) is 0 Å². The second-order valence-corrected chi connectivity index (χ2v) is 3.26. The molecule has 1 aromatic carbocycles. The van der Waals surface area contributed by atoms with Crippen LogP contribution in [0.15, 0.2) is 30.3 Å². The summed E-state index contributed by atoms with van der Waals surface area (Å²) in [4.78, 5) is 0. The van der Waals surface area contributed by atoms with Gasteiger partial charge in [-0.25, -0.2) is 0 Å². The summed E-state index contributed by atoms with van der Waals surface area (Å²) in [6.45, 7) is 5.06. The molecule has 0 saturated heterocycles. The predicted octanol–water partition coefficient (Wildman–Crippen LogP) is -0.0457. The Kier molecular flexibility index (Phi) is 9.77. The average Bonchev–Trinajstić information content (AvgIpc) is 2.05. The zero-order valence-electron chi connectivity index (χ0n) is 8.66. The molecule has 1 aromatic rings. The van der Waals surface area contributed by atoms with Gasteiger partial charge < -0.3 is 15.6 Å². The van der Waals surface area contributed by atoms with Crippen LogP contribution in [-0.2, 0) is 4.65 Å². The molecular formula is C10H18BO3. The van der Waals surface area contributed by atoms with E-state index < -0.39 is 0 Å². The Hall–Kier alpha value is -0.835. The topological polar surface area (TPSA) is 72.2 Å². The van der Waals surface area contributed by atoms with Gasteiger partial charge in [0, 0.05) is 6.61 Å². The molecule has 0 aromatic heterocycles. The van der Waals surface area contributed by atoms with Crippen molar-refractivity contribution < 1.29 is 15.6 Å². The monoisotopic (exact) mass is 197 g/mol. The highest BCUT2D eigenvalue weighted by Crippen LogP contribution is 1.91. The zero-order valence-corrected chi connectivity index (χ0v) is 8.66. The lowest BCUT2D eigenvalue weighted by molar-refractivity contribution is 0.289. The summed E-state index contributed by atoms with van der Waals surface area (Å²) in [7, 11) is 1.81. The van der Waals surface area contributed by atoms with Crippen molar-refractivity contribution in [3.63, 3.8) is 0 Å². The van der Waals surface area contributed by atoms with E-state index in [0.717, 1.165) is 12.1 Å². The molecule has 3 nitrogen and oxygen atoms in total. The predicted molar refractivity (Wildman–Crippen MR) is 59.8 cm³/mol. The maximum atomic E-state index is 5.36. The Bertz CT molecular complexity index is 214. The lowest BCUT2D eigenvalue weighted by Gasteiger charge is -2.04. The van der Waals surface area contributed by atoms with Gasteiger partial charge in [-0.1, -0.05) is 49.6 Å². The maximum absolute atomic E-state index is 5.36. The van der Waals surface area contributed by atoms with E-state index in [1.165, 1.54) is 0 Å². The van der Waals surface area contributed by atoms with Crippen molar-refractivity contribution in [1.29, 1.82) is 0 Å². The van der Waals surface area contributed by atoms with Gasteiger partial charge in [0.2, 0.25) is 0 Å². The van der Waals surface area contributed by atoms with Crippen LogP contribution in [0.1, 0.15) is 13.8 Å². The summed E-state index contributed by atoms with van der Waals surface area (Å²) >= 11 is 0. The molecule has 4 heteroatoms. The number of hydrogen-bond acceptors (Lipinski definition) is 1. The Balaban J connectivity index is 0. The number of hydrogen-bond donors (Lipinski definition) is 0. The Morgan fingerprint density at radius 3 is 2.21 bits per heavy atom. The van der Waals surface area contributed by atoms with Crippen LogP contribution in [-0.4, -0.2) is 25.0 Å². The van der Waals surface area contributed by atoms with Gasteiger partial charge >= 0.3 is 7.48 Å². The summed E-state index contributed by atoms with van der Waals surface area (Å²) in [5.74, 6) is 0.588. The molecule has 0 amide bonds. The van der Waals surface area contributed by atoms with Crippen molar-refractivity contribution in [2.75, 3.05) is 6.61 Å². The van der Waals surface area contributed by atoms with E-state index in [1.807, 2.05) is 30.3 Å². The second-order valence-electron chi connectivity index (χ2n) is 3.26. The van der Waals surface area contributed by atoms with Gasteiger partial charge in [-0.3, -0.25) is 0 Å². The van der Waals surface area contributed by atoms with Gasteiger partial charge in [-0.15, -0.1) is 0 Å². The van der Waals surface area contributed by atoms with E-state index in [1.54, 1.807) is 7.48 Å². The normalized spacial score (nSPS) is 8.79. The molecule has 4 N–H and O–H groups in total. The first-order valence-corrected chi connectivity index (χ1v) is 4.29. The summed E-state index contributed by atoms with van der Waals surface area (Å²) in [6, 6.07) is 10.1. The highest BCUT2D eigenvalue weighted by Gasteiger charge is 1.97. The number of rotatable bonds is 4. The van der Waals surface area contributed by atoms with Crippen molar-refractivity contribution >= 4 is 12.9 Å². The van der Waals surface area contributed by atoms with Gasteiger partial charge in [0.05, 0.1) is 0 Å². The Labute approximate surface area is 86.0 Å². The van der Waals surface area contributed by atoms with Crippen molar-refractivity contribution in [2.45, 2.75) is 13.8 Å². The smallest absolute Gasteiger partial charge is 0.329 e. The van der Waals surface area contributed by atoms with Gasteiger partial charge in [0.15, 0.2) is 0 Å². The summed E-state index contributed by atoms with van der Waals surface area (Å²) in [5, 5.41) is 0. The molecule has 0 bridgehead atoms. The Morgan fingerprint density at radius 1 is 1.14 bits per heavy atom. The molecule has 0 fully saturated rings. The molecule has 79 valence electrons. The summed E-state index contributed by atoms with van der Waals surface area (Å²) in [5.41, 5.74) is 1.12. The molecule has 14 heavy (non-hydrogen) atoms. The molecule has 0 unspecified atom stereocenters. The minimum Gasteiger partial charge on any atom is -0.434 e. The fourth-order valence-corrected chi connectivity index (χ4v) is 0.868. The zero-order chi connectivity index (χ0) is 8.81. The van der Waals surface area contributed by atoms with Crippen LogP contribution in [0.3, 0.4) is 0 Å². The van der Waals surface area contributed by atoms with Gasteiger partial charge in [-0.2, -0.15) is 0 Å². The molecule has 1 radical (unpaired) electrons. The van der Waals surface area contributed by atoms with Gasteiger partial charge in [0.25, 0.3) is 0 Å². The van der Waals surface area contributed by atoms with E-state index in [0.29, 0.717) is 5.92 Å². The number of benzene rings is 1. The highest BCUT2D eigenvalue weighted by atomic mass is 16.4. The van der Waals surface area contributed by atoms with E-state index in [2.05, 4.69) is 13.8 Å². The lowest BCUT2D eigenvalue weighted by atomic mass is 9.88. The fourth-order valence-electron chi connectivity index (χ4n) is 0.868. The Morgan fingerprint density at radius 2 is 1.71 bits per heavy atom. The molecule has 0 aliphatic rings. The van der Waals surface area contributed by atoms with Gasteiger partial charge in [0.1, 0.15) is 0 Å². The van der Waals surface area contributed by atoms with Crippen LogP contribution in [0, 0.1) is 5.92 Å². The van der Waals surface area contributed by atoms with Crippen LogP contribution in [0.25, 0.3) is 0 Å². The first kappa shape index (κ1) is 15.6. The van der Waals surface area contributed by atoms with Crippen molar-refractivity contribution in [2.24, 2.45) is 5.92 Å². The first-order valence-electron chi connectivity index (χ1n) is 4.29. The van der Waals surface area contributed by atoms with Crippen LogP contribution < -0.4 is 5.46 Å².